The van der Waals surface area contributed by atoms with Crippen molar-refractivity contribution in [1.82, 2.24) is 0 Å². The summed E-state index contributed by atoms with van der Waals surface area (Å²) >= 11 is 0. The topological polar surface area (TPSA) is 29.5 Å². The molecule has 1 atom stereocenters. The first-order chi connectivity index (χ1) is 8.63. The van der Waals surface area contributed by atoms with Crippen LogP contribution in [0.3, 0.4) is 0 Å². The molecule has 1 amide bonds. The molecule has 98 valence electrons. The highest BCUT2D eigenvalue weighted by Crippen LogP contribution is 2.22. The first kappa shape index (κ1) is 13.0. The minimum absolute atomic E-state index is 0.194. The standard InChI is InChI=1S/C13H15F2NO2/c1-2-16(13(17)12-4-3-7-18-12)9-5-6-10(14)11(15)8-9/h5-6,8,12H,2-4,7H2,1H3. The second-order valence-corrected chi connectivity index (χ2v) is 4.18. The van der Waals surface area contributed by atoms with Gasteiger partial charge in [-0.25, -0.2) is 8.78 Å². The van der Waals surface area contributed by atoms with Gasteiger partial charge in [0.05, 0.1) is 0 Å². The number of halogens is 2. The average molecular weight is 255 g/mol. The highest BCUT2D eigenvalue weighted by atomic mass is 19.2. The number of hydrogen-bond acceptors (Lipinski definition) is 2. The fourth-order valence-electron chi connectivity index (χ4n) is 2.06. The maximum atomic E-state index is 13.2. The molecule has 1 aromatic rings. The Balaban J connectivity index is 2.21. The van der Waals surface area contributed by atoms with Gasteiger partial charge in [-0.1, -0.05) is 0 Å². The summed E-state index contributed by atoms with van der Waals surface area (Å²) < 4.78 is 31.4. The van der Waals surface area contributed by atoms with Crippen molar-refractivity contribution in [1.29, 1.82) is 0 Å². The van der Waals surface area contributed by atoms with Crippen molar-refractivity contribution in [2.45, 2.75) is 25.9 Å². The molecule has 1 saturated heterocycles. The molecule has 1 unspecified atom stereocenters. The minimum Gasteiger partial charge on any atom is -0.368 e. The number of carbonyl (C=O) groups is 1. The number of likely N-dealkylation sites (N-methyl/N-ethyl adjacent to an activating group) is 1. The van der Waals surface area contributed by atoms with Gasteiger partial charge in [0.2, 0.25) is 0 Å². The zero-order valence-corrected chi connectivity index (χ0v) is 10.2. The van der Waals surface area contributed by atoms with Gasteiger partial charge >= 0.3 is 0 Å². The summed E-state index contributed by atoms with van der Waals surface area (Å²) in [5.41, 5.74) is 0.358. The molecular weight excluding hydrogens is 240 g/mol. The van der Waals surface area contributed by atoms with Gasteiger partial charge in [0.1, 0.15) is 6.10 Å². The van der Waals surface area contributed by atoms with Crippen LogP contribution in [0.1, 0.15) is 19.8 Å². The van der Waals surface area contributed by atoms with E-state index < -0.39 is 17.7 Å². The molecule has 0 saturated carbocycles. The molecule has 0 aliphatic carbocycles. The fourth-order valence-corrected chi connectivity index (χ4v) is 2.06. The zero-order chi connectivity index (χ0) is 13.1. The van der Waals surface area contributed by atoms with Crippen molar-refractivity contribution >= 4 is 11.6 Å². The van der Waals surface area contributed by atoms with E-state index in [1.54, 1.807) is 6.92 Å². The van der Waals surface area contributed by atoms with Crippen LogP contribution in [-0.2, 0) is 9.53 Å². The predicted octanol–water partition coefficient (Wildman–Crippen LogP) is 2.50. The molecule has 5 heteroatoms. The molecular formula is C13H15F2NO2. The van der Waals surface area contributed by atoms with E-state index in [-0.39, 0.29) is 5.91 Å². The lowest BCUT2D eigenvalue weighted by molar-refractivity contribution is -0.127. The Labute approximate surface area is 104 Å². The van der Waals surface area contributed by atoms with Gasteiger partial charge in [0.15, 0.2) is 11.6 Å². The predicted molar refractivity (Wildman–Crippen MR) is 63.4 cm³/mol. The number of anilines is 1. The molecule has 0 N–H and O–H groups in total. The minimum atomic E-state index is -0.953. The summed E-state index contributed by atoms with van der Waals surface area (Å²) in [6.45, 7) is 2.75. The van der Waals surface area contributed by atoms with Gasteiger partial charge in [0.25, 0.3) is 5.91 Å². The van der Waals surface area contributed by atoms with Crippen LogP contribution >= 0.6 is 0 Å². The van der Waals surface area contributed by atoms with Crippen molar-refractivity contribution < 1.29 is 18.3 Å². The van der Waals surface area contributed by atoms with Gasteiger partial charge in [-0.3, -0.25) is 4.79 Å². The molecule has 1 fully saturated rings. The van der Waals surface area contributed by atoms with Gasteiger partial charge in [-0.15, -0.1) is 0 Å². The highest BCUT2D eigenvalue weighted by molar-refractivity contribution is 5.96. The van der Waals surface area contributed by atoms with Gasteiger partial charge in [0, 0.05) is 24.9 Å². The van der Waals surface area contributed by atoms with Crippen LogP contribution in [-0.4, -0.2) is 25.2 Å². The number of hydrogen-bond donors (Lipinski definition) is 0. The molecule has 3 nitrogen and oxygen atoms in total. The third-order valence-corrected chi connectivity index (χ3v) is 3.00. The average Bonchev–Trinajstić information content (AvgIpc) is 2.88. The van der Waals surface area contributed by atoms with Crippen LogP contribution < -0.4 is 4.90 Å². The molecule has 0 aromatic heterocycles. The zero-order valence-electron chi connectivity index (χ0n) is 10.2. The van der Waals surface area contributed by atoms with Gasteiger partial charge in [-0.05, 0) is 31.9 Å². The summed E-state index contributed by atoms with van der Waals surface area (Å²) in [7, 11) is 0. The Bertz CT molecular complexity index is 445. The molecule has 2 rings (SSSR count). The second-order valence-electron chi connectivity index (χ2n) is 4.18. The molecule has 1 aromatic carbocycles. The van der Waals surface area contributed by atoms with Crippen LogP contribution in [0.2, 0.25) is 0 Å². The monoisotopic (exact) mass is 255 g/mol. The van der Waals surface area contributed by atoms with Gasteiger partial charge in [-0.2, -0.15) is 0 Å². The summed E-state index contributed by atoms with van der Waals surface area (Å²) in [6.07, 6.45) is 1.07. The lowest BCUT2D eigenvalue weighted by atomic mass is 10.2. The van der Waals surface area contributed by atoms with Crippen LogP contribution in [0.5, 0.6) is 0 Å². The van der Waals surface area contributed by atoms with E-state index in [1.807, 2.05) is 0 Å². The summed E-state index contributed by atoms with van der Waals surface area (Å²) in [5.74, 6) is -2.06. The molecule has 0 spiro atoms. The summed E-state index contributed by atoms with van der Waals surface area (Å²) in [4.78, 5) is 13.6. The third kappa shape index (κ3) is 2.51. The van der Waals surface area contributed by atoms with E-state index in [0.717, 1.165) is 18.6 Å². The van der Waals surface area contributed by atoms with E-state index in [9.17, 15) is 13.6 Å². The van der Waals surface area contributed by atoms with Crippen molar-refractivity contribution in [3.63, 3.8) is 0 Å². The largest absolute Gasteiger partial charge is 0.368 e. The molecule has 0 bridgehead atoms. The van der Waals surface area contributed by atoms with Crippen molar-refractivity contribution in [3.05, 3.63) is 29.8 Å². The molecule has 1 heterocycles. The Morgan fingerprint density at radius 3 is 2.78 bits per heavy atom. The Kier molecular flexibility index (Phi) is 3.91. The third-order valence-electron chi connectivity index (χ3n) is 3.00. The number of rotatable bonds is 3. The van der Waals surface area contributed by atoms with E-state index in [2.05, 4.69) is 0 Å². The van der Waals surface area contributed by atoms with E-state index >= 15 is 0 Å². The lowest BCUT2D eigenvalue weighted by Gasteiger charge is -2.24. The SMILES string of the molecule is CCN(C(=O)C1CCCO1)c1ccc(F)c(F)c1. The Morgan fingerprint density at radius 1 is 1.44 bits per heavy atom. The highest BCUT2D eigenvalue weighted by Gasteiger charge is 2.28. The number of amides is 1. The number of benzene rings is 1. The Morgan fingerprint density at radius 2 is 2.22 bits per heavy atom. The Hall–Kier alpha value is -1.49. The second kappa shape index (κ2) is 5.44. The number of nitrogens with zero attached hydrogens (tertiary/aromatic N) is 1. The van der Waals surface area contributed by atoms with Crippen LogP contribution in [0, 0.1) is 11.6 Å². The first-order valence-electron chi connectivity index (χ1n) is 6.01. The number of ether oxygens (including phenoxy) is 1. The van der Waals surface area contributed by atoms with E-state index in [4.69, 9.17) is 4.74 Å². The maximum absolute atomic E-state index is 13.2. The van der Waals surface area contributed by atoms with Gasteiger partial charge < -0.3 is 9.64 Å². The molecule has 1 aliphatic heterocycles. The maximum Gasteiger partial charge on any atom is 0.256 e. The molecule has 0 radical (unpaired) electrons. The summed E-state index contributed by atoms with van der Waals surface area (Å²) in [6, 6.07) is 3.45. The molecule has 18 heavy (non-hydrogen) atoms. The molecule has 1 aliphatic rings. The number of carbonyl (C=O) groups excluding carboxylic acids is 1. The van der Waals surface area contributed by atoms with E-state index in [1.165, 1.54) is 11.0 Å². The summed E-state index contributed by atoms with van der Waals surface area (Å²) in [5, 5.41) is 0. The smallest absolute Gasteiger partial charge is 0.256 e. The van der Waals surface area contributed by atoms with Crippen LogP contribution in [0.15, 0.2) is 18.2 Å². The van der Waals surface area contributed by atoms with Crippen molar-refractivity contribution in [2.24, 2.45) is 0 Å². The van der Waals surface area contributed by atoms with Crippen molar-refractivity contribution in [3.8, 4) is 0 Å². The van der Waals surface area contributed by atoms with E-state index in [0.29, 0.717) is 25.3 Å². The normalized spacial score (nSPS) is 18.9. The quantitative estimate of drug-likeness (QED) is 0.830. The first-order valence-corrected chi connectivity index (χ1v) is 6.01. The lowest BCUT2D eigenvalue weighted by Crippen LogP contribution is -2.39. The van der Waals surface area contributed by atoms with Crippen LogP contribution in [0.25, 0.3) is 0 Å². The van der Waals surface area contributed by atoms with Crippen molar-refractivity contribution in [2.75, 3.05) is 18.1 Å². The fraction of sp³-hybridized carbons (Fsp3) is 0.462. The van der Waals surface area contributed by atoms with Crippen LogP contribution in [0.4, 0.5) is 14.5 Å².